The first-order chi connectivity index (χ1) is 39.9. The molecule has 0 radical (unpaired) electrons. The number of benzene rings is 4. The lowest BCUT2D eigenvalue weighted by Crippen LogP contribution is -2.58. The lowest BCUT2D eigenvalue weighted by molar-refractivity contribution is -0.142. The Kier molecular flexibility index (Phi) is 23.2. The van der Waals surface area contributed by atoms with Crippen LogP contribution in [0.1, 0.15) is 116 Å². The van der Waals surface area contributed by atoms with Gasteiger partial charge in [0.15, 0.2) is 5.13 Å². The Hall–Kier alpha value is -7.61. The van der Waals surface area contributed by atoms with E-state index >= 15 is 0 Å². The first-order valence-corrected chi connectivity index (χ1v) is 29.7. The number of carbonyl (C=O) groups excluding carboxylic acids is 6. The summed E-state index contributed by atoms with van der Waals surface area (Å²) in [4.78, 5) is 90.6. The van der Waals surface area contributed by atoms with Crippen molar-refractivity contribution in [1.29, 1.82) is 0 Å². The van der Waals surface area contributed by atoms with E-state index in [0.717, 1.165) is 72.1 Å². The third-order valence-electron chi connectivity index (χ3n) is 14.8. The summed E-state index contributed by atoms with van der Waals surface area (Å²) < 4.78 is 22.9. The molecule has 0 spiro atoms. The molecule has 3 atom stereocenters. The van der Waals surface area contributed by atoms with Crippen molar-refractivity contribution < 1.29 is 52.8 Å². The van der Waals surface area contributed by atoms with Crippen LogP contribution in [0, 0.1) is 5.92 Å². The lowest BCUT2D eigenvalue weighted by atomic mass is 9.83. The minimum atomic E-state index is -0.926. The van der Waals surface area contributed by atoms with Crippen LogP contribution in [0.5, 0.6) is 11.5 Å². The second kappa shape index (κ2) is 30.6. The third kappa shape index (κ3) is 18.2. The number of phenols is 1. The van der Waals surface area contributed by atoms with Gasteiger partial charge in [-0.2, -0.15) is 0 Å². The summed E-state index contributed by atoms with van der Waals surface area (Å²) in [7, 11) is 3.22. The van der Waals surface area contributed by atoms with Gasteiger partial charge < -0.3 is 49.8 Å². The molecule has 4 N–H and O–H groups in total. The monoisotopic (exact) mass is 1160 g/mol. The van der Waals surface area contributed by atoms with Gasteiger partial charge in [0.2, 0.25) is 29.5 Å². The number of hydrogen-bond acceptors (Lipinski definition) is 13. The zero-order chi connectivity index (χ0) is 59.5. The lowest BCUT2D eigenvalue weighted by Gasteiger charge is -2.36. The summed E-state index contributed by atoms with van der Waals surface area (Å²) >= 11 is 1.11. The van der Waals surface area contributed by atoms with Crippen molar-refractivity contribution in [2.45, 2.75) is 123 Å². The minimum Gasteiger partial charge on any atom is -0.508 e. The van der Waals surface area contributed by atoms with Crippen LogP contribution >= 0.6 is 11.3 Å². The van der Waals surface area contributed by atoms with Gasteiger partial charge in [-0.05, 0) is 118 Å². The summed E-state index contributed by atoms with van der Waals surface area (Å²) in [5.41, 5.74) is 5.83. The number of allylic oxidation sites excluding steroid dienone is 1. The number of carbonyl (C=O) groups is 6. The Labute approximate surface area is 491 Å². The normalized spacial score (nSPS) is 15.6. The van der Waals surface area contributed by atoms with Gasteiger partial charge in [-0.25, -0.2) is 9.78 Å². The summed E-state index contributed by atoms with van der Waals surface area (Å²) in [6.07, 6.45) is 5.72. The summed E-state index contributed by atoms with van der Waals surface area (Å²) in [6, 6.07) is 32.1. The van der Waals surface area contributed by atoms with Gasteiger partial charge in [0.1, 0.15) is 52.5 Å². The highest BCUT2D eigenvalue weighted by Gasteiger charge is 2.42. The van der Waals surface area contributed by atoms with Crippen LogP contribution in [0.15, 0.2) is 109 Å². The van der Waals surface area contributed by atoms with E-state index < -0.39 is 41.6 Å². The highest BCUT2D eigenvalue weighted by Crippen LogP contribution is 2.38. The molecule has 0 unspecified atom stereocenters. The van der Waals surface area contributed by atoms with E-state index in [-0.39, 0.29) is 73.8 Å². The fraction of sp³-hybridized carbons (Fsp3) is 0.453. The molecular formula is C64H81N7O11S. The molecule has 18 nitrogen and oxygen atoms in total. The van der Waals surface area contributed by atoms with Crippen molar-refractivity contribution in [3.05, 3.63) is 126 Å². The number of anilines is 2. The summed E-state index contributed by atoms with van der Waals surface area (Å²) in [6.45, 7) is 10.7. The fourth-order valence-electron chi connectivity index (χ4n) is 10.2. The predicted octanol–water partition coefficient (Wildman–Crippen LogP) is 10.4. The highest BCUT2D eigenvalue weighted by atomic mass is 32.1. The fourth-order valence-corrected chi connectivity index (χ4v) is 11.1. The number of likely N-dealkylation sites (N-methyl/N-ethyl adjacent to an activating group) is 2. The molecule has 4 aromatic carbocycles. The number of amides is 6. The topological polar surface area (TPSA) is 218 Å². The molecule has 2 fully saturated rings. The number of nitrogens with one attached hydrogen (secondary N) is 3. The van der Waals surface area contributed by atoms with Crippen LogP contribution in [0.25, 0.3) is 22.4 Å². The molecular weight excluding hydrogens is 1070 g/mol. The standard InChI is InChI=1S/C64H81N7O11S/c1-8-51(44-19-12-9-13-20-44)55(45-26-30-49(72)31-27-45)46-28-32-50(33-29-46)81-40-37-69(6)54(74)35-39-80-42-41-79-38-34-53(73)65-62-67-56(47-21-14-10-15-22-47)60(83-62)68-59(76)52-25-18-36-71(52)61(77)57(48-23-16-11-17-24-48)66-58(75)43(2)70(7)63(78)82-64(3,4)5/h9-10,12-15,19-22,26-33,43,48,52,57,72H,8,11,16-18,23-25,34-42H2,1-7H3,(H,66,75)(H,68,76)(H,65,67,73)/b55-51-/t43-,52-,57-/m0/s1. The molecule has 1 saturated carbocycles. The van der Waals surface area contributed by atoms with Crippen molar-refractivity contribution in [3.63, 3.8) is 0 Å². The van der Waals surface area contributed by atoms with Gasteiger partial charge in [-0.1, -0.05) is 122 Å². The Balaban J connectivity index is 0.839. The van der Waals surface area contributed by atoms with Gasteiger partial charge in [-0.3, -0.25) is 28.9 Å². The molecule has 1 saturated heterocycles. The first kappa shape index (κ1) is 63.0. The van der Waals surface area contributed by atoms with E-state index in [1.54, 1.807) is 56.7 Å². The number of thiazole rings is 1. The maximum Gasteiger partial charge on any atom is 0.410 e. The minimum absolute atomic E-state index is 0.0251. The molecule has 7 rings (SSSR count). The Morgan fingerprint density at radius 2 is 1.37 bits per heavy atom. The van der Waals surface area contributed by atoms with Crippen LogP contribution in [-0.4, -0.2) is 144 Å². The quantitative estimate of drug-likeness (QED) is 0.0300. The van der Waals surface area contributed by atoms with Gasteiger partial charge >= 0.3 is 6.09 Å². The maximum absolute atomic E-state index is 14.6. The largest absolute Gasteiger partial charge is 0.508 e. The van der Waals surface area contributed by atoms with Gasteiger partial charge in [0.05, 0.1) is 45.8 Å². The van der Waals surface area contributed by atoms with E-state index in [2.05, 4.69) is 35.0 Å². The van der Waals surface area contributed by atoms with E-state index in [1.807, 2.05) is 84.9 Å². The molecule has 0 bridgehead atoms. The molecule has 19 heteroatoms. The Morgan fingerprint density at radius 1 is 0.747 bits per heavy atom. The van der Waals surface area contributed by atoms with E-state index in [0.29, 0.717) is 54.5 Å². The van der Waals surface area contributed by atoms with Crippen molar-refractivity contribution in [2.75, 3.05) is 70.9 Å². The Morgan fingerprint density at radius 3 is 2.01 bits per heavy atom. The third-order valence-corrected chi connectivity index (χ3v) is 15.7. The van der Waals surface area contributed by atoms with Crippen LogP contribution in [0.4, 0.5) is 14.9 Å². The molecule has 1 aromatic heterocycles. The smallest absolute Gasteiger partial charge is 0.410 e. The number of rotatable bonds is 26. The van der Waals surface area contributed by atoms with Crippen LogP contribution in [0.3, 0.4) is 0 Å². The molecule has 5 aromatic rings. The maximum atomic E-state index is 14.6. The summed E-state index contributed by atoms with van der Waals surface area (Å²) in [5, 5.41) is 19.5. The Bertz CT molecular complexity index is 2980. The van der Waals surface area contributed by atoms with Gasteiger partial charge in [-0.15, -0.1) is 0 Å². The van der Waals surface area contributed by atoms with E-state index in [9.17, 15) is 33.9 Å². The first-order valence-electron chi connectivity index (χ1n) is 28.8. The number of aromatic nitrogens is 1. The van der Waals surface area contributed by atoms with Crippen molar-refractivity contribution in [2.24, 2.45) is 5.92 Å². The van der Waals surface area contributed by atoms with Crippen molar-refractivity contribution in [3.8, 4) is 22.8 Å². The number of likely N-dealkylation sites (tertiary alicyclic amines) is 1. The van der Waals surface area contributed by atoms with Crippen LogP contribution < -0.4 is 20.7 Å². The molecule has 2 aliphatic rings. The predicted molar refractivity (Wildman–Crippen MR) is 323 cm³/mol. The van der Waals surface area contributed by atoms with E-state index in [1.165, 1.54) is 17.5 Å². The van der Waals surface area contributed by atoms with Gasteiger partial charge in [0.25, 0.3) is 0 Å². The average molecular weight is 1160 g/mol. The van der Waals surface area contributed by atoms with Crippen molar-refractivity contribution in [1.82, 2.24) is 25.0 Å². The number of ether oxygens (including phenoxy) is 4. The average Bonchev–Trinajstić information content (AvgIpc) is 4.23. The second-order valence-electron chi connectivity index (χ2n) is 22.0. The zero-order valence-electron chi connectivity index (χ0n) is 48.9. The molecule has 444 valence electrons. The van der Waals surface area contributed by atoms with E-state index in [4.69, 9.17) is 23.9 Å². The SMILES string of the molecule is CC/C(=C(\c1ccc(O)cc1)c1ccc(OCCN(C)C(=O)CCOCCOCCC(=O)Nc2nc(-c3ccccc3)c(NC(=O)[C@@H]3CCCN3C(=O)[C@@H](NC(=O)[C@H](C)N(C)C(=O)OC(C)(C)C)C3CCCCC3)s2)cc1)c1ccccc1. The summed E-state index contributed by atoms with van der Waals surface area (Å²) in [5.74, 6) is -0.902. The van der Waals surface area contributed by atoms with Crippen molar-refractivity contribution >= 4 is 68.2 Å². The molecule has 1 aliphatic carbocycles. The molecule has 1 aliphatic heterocycles. The van der Waals surface area contributed by atoms with Gasteiger partial charge in [0, 0.05) is 26.2 Å². The molecule has 6 amide bonds. The number of phenolic OH excluding ortho intramolecular Hbond substituents is 1. The number of nitrogens with zero attached hydrogens (tertiary/aromatic N) is 4. The highest BCUT2D eigenvalue weighted by molar-refractivity contribution is 7.20. The molecule has 83 heavy (non-hydrogen) atoms. The zero-order valence-corrected chi connectivity index (χ0v) is 49.8. The number of aromatic hydroxyl groups is 1. The number of hydrogen-bond donors (Lipinski definition) is 4. The van der Waals surface area contributed by atoms with Crippen LogP contribution in [-0.2, 0) is 38.2 Å². The second-order valence-corrected chi connectivity index (χ2v) is 23.0. The molecule has 2 heterocycles. The van der Waals surface area contributed by atoms with Crippen LogP contribution in [0.2, 0.25) is 0 Å².